The summed E-state index contributed by atoms with van der Waals surface area (Å²) in [6.45, 7) is 5.96. The van der Waals surface area contributed by atoms with Gasteiger partial charge in [0.05, 0.1) is 29.9 Å². The fourth-order valence-electron chi connectivity index (χ4n) is 7.24. The van der Waals surface area contributed by atoms with Crippen LogP contribution in [0.3, 0.4) is 0 Å². The minimum absolute atomic E-state index is 0.0809. The van der Waals surface area contributed by atoms with Gasteiger partial charge in [-0.05, 0) is 75.8 Å². The lowest BCUT2D eigenvalue weighted by Crippen LogP contribution is -2.58. The molecule has 1 saturated carbocycles. The first kappa shape index (κ1) is 27.0. The maximum Gasteiger partial charge on any atom is 0.141 e. The van der Waals surface area contributed by atoms with E-state index in [9.17, 15) is 9.65 Å². The molecule has 42 heavy (non-hydrogen) atoms. The predicted octanol–water partition coefficient (Wildman–Crippen LogP) is 5.26. The van der Waals surface area contributed by atoms with Gasteiger partial charge in [0.2, 0.25) is 0 Å². The lowest BCUT2D eigenvalue weighted by Gasteiger charge is -2.52. The number of fused-ring (bicyclic) bond motifs is 1. The molecule has 0 amide bonds. The Labute approximate surface area is 245 Å². The highest BCUT2D eigenvalue weighted by Crippen LogP contribution is 2.45. The van der Waals surface area contributed by atoms with Crippen molar-refractivity contribution < 1.29 is 9.13 Å². The summed E-state index contributed by atoms with van der Waals surface area (Å²) in [4.78, 5) is 16.9. The first-order valence-electron chi connectivity index (χ1n) is 15.1. The number of aromatic amines is 1. The number of benzene rings is 1. The first-order chi connectivity index (χ1) is 20.5. The Hall–Kier alpha value is -3.81. The Balaban J connectivity index is 0.964. The van der Waals surface area contributed by atoms with Crippen LogP contribution in [-0.2, 0) is 12.1 Å². The highest BCUT2D eigenvalue weighted by molar-refractivity contribution is 5.90. The van der Waals surface area contributed by atoms with Gasteiger partial charge in [-0.3, -0.25) is 14.5 Å². The van der Waals surface area contributed by atoms with Crippen LogP contribution in [0.5, 0.6) is 5.75 Å². The third kappa shape index (κ3) is 5.16. The summed E-state index contributed by atoms with van der Waals surface area (Å²) in [5.41, 5.74) is 3.24. The number of hydrogen-bond donors (Lipinski definition) is 1. The van der Waals surface area contributed by atoms with Gasteiger partial charge in [0, 0.05) is 61.1 Å². The summed E-state index contributed by atoms with van der Waals surface area (Å²) in [6, 6.07) is 10.5. The molecular formula is C32H37FN8O. The maximum absolute atomic E-state index is 14.5. The van der Waals surface area contributed by atoms with Gasteiger partial charge >= 0.3 is 0 Å². The smallest absolute Gasteiger partial charge is 0.141 e. The van der Waals surface area contributed by atoms with Crippen LogP contribution in [0.4, 0.5) is 4.39 Å². The van der Waals surface area contributed by atoms with Crippen molar-refractivity contribution in [3.63, 3.8) is 0 Å². The van der Waals surface area contributed by atoms with Crippen LogP contribution in [0, 0.1) is 17.1 Å². The summed E-state index contributed by atoms with van der Waals surface area (Å²) in [5.74, 6) is 0.413. The summed E-state index contributed by atoms with van der Waals surface area (Å²) >= 11 is 0. The van der Waals surface area contributed by atoms with Crippen molar-refractivity contribution >= 4 is 11.0 Å². The van der Waals surface area contributed by atoms with Crippen LogP contribution in [0.1, 0.15) is 57.4 Å². The van der Waals surface area contributed by atoms with E-state index in [2.05, 4.69) is 37.7 Å². The average Bonchev–Trinajstić information content (AvgIpc) is 3.73. The van der Waals surface area contributed by atoms with Crippen molar-refractivity contribution in [1.29, 1.82) is 5.26 Å². The Morgan fingerprint density at radius 1 is 1.14 bits per heavy atom. The Morgan fingerprint density at radius 2 is 2.00 bits per heavy atom. The second kappa shape index (κ2) is 11.1. The van der Waals surface area contributed by atoms with Gasteiger partial charge in [-0.2, -0.15) is 10.4 Å². The molecule has 0 unspecified atom stereocenters. The number of aromatic nitrogens is 5. The van der Waals surface area contributed by atoms with Crippen LogP contribution in [0.25, 0.3) is 22.3 Å². The standard InChI is InChI=1S/C32H37FN8O/c1-22-3-2-10-40(22)19-23-13-25(33)15-28(14-23)42-27-5-11-39(12-6-27)26-16-32(17-26,7-8-34)41-20-24(18-38-41)30-29-4-9-35-31(29)37-21-36-30/h4,9,13-15,18,20-22,26-27H,2-3,5-7,10-12,16-17,19H2,1H3,(H,35,36,37)/t22-,26-,32+/m0/s1. The molecule has 3 fully saturated rings. The molecule has 1 aliphatic carbocycles. The number of nitrogens with zero attached hydrogens (tertiary/aromatic N) is 7. The largest absolute Gasteiger partial charge is 0.490 e. The predicted molar refractivity (Wildman–Crippen MR) is 157 cm³/mol. The third-order valence-electron chi connectivity index (χ3n) is 9.64. The summed E-state index contributed by atoms with van der Waals surface area (Å²) in [6.07, 6.45) is 13.8. The van der Waals surface area contributed by atoms with Crippen molar-refractivity contribution in [2.75, 3.05) is 19.6 Å². The Bertz CT molecular complexity index is 1590. The Kier molecular flexibility index (Phi) is 7.16. The van der Waals surface area contributed by atoms with E-state index in [1.165, 1.54) is 18.9 Å². The maximum atomic E-state index is 14.5. The zero-order valence-electron chi connectivity index (χ0n) is 24.0. The van der Waals surface area contributed by atoms with Gasteiger partial charge < -0.3 is 9.72 Å². The van der Waals surface area contributed by atoms with E-state index in [-0.39, 0.29) is 17.5 Å². The van der Waals surface area contributed by atoms with E-state index in [0.29, 0.717) is 24.3 Å². The second-order valence-electron chi connectivity index (χ2n) is 12.4. The van der Waals surface area contributed by atoms with Crippen LogP contribution in [-0.4, -0.2) is 72.4 Å². The number of nitriles is 1. The minimum atomic E-state index is -0.305. The van der Waals surface area contributed by atoms with E-state index in [1.807, 2.05) is 35.4 Å². The SMILES string of the molecule is C[C@H]1CCCN1Cc1cc(F)cc(OC2CCN([C@H]3C[C@@](CC#N)(n4cc(-c5ncnc6[nH]ccc56)cn4)C3)CC2)c1. The van der Waals surface area contributed by atoms with Gasteiger partial charge in [-0.25, -0.2) is 14.4 Å². The minimum Gasteiger partial charge on any atom is -0.490 e. The van der Waals surface area contributed by atoms with E-state index >= 15 is 0 Å². The lowest BCUT2D eigenvalue weighted by atomic mass is 9.69. The fourth-order valence-corrected chi connectivity index (χ4v) is 7.24. The molecule has 0 radical (unpaired) electrons. The van der Waals surface area contributed by atoms with Crippen LogP contribution in [0.2, 0.25) is 0 Å². The van der Waals surface area contributed by atoms with Gasteiger partial charge in [-0.1, -0.05) is 0 Å². The van der Waals surface area contributed by atoms with Crippen molar-refractivity contribution in [2.24, 2.45) is 0 Å². The zero-order chi connectivity index (χ0) is 28.7. The molecule has 3 aliphatic rings. The van der Waals surface area contributed by atoms with Crippen molar-refractivity contribution in [3.05, 3.63) is 60.6 Å². The molecule has 2 aliphatic heterocycles. The molecule has 9 nitrogen and oxygen atoms in total. The van der Waals surface area contributed by atoms with Gasteiger partial charge in [0.15, 0.2) is 0 Å². The quantitative estimate of drug-likeness (QED) is 0.310. The third-order valence-corrected chi connectivity index (χ3v) is 9.64. The summed E-state index contributed by atoms with van der Waals surface area (Å²) < 4.78 is 22.8. The number of halogens is 1. The number of piperidine rings is 1. The molecule has 4 aromatic rings. The van der Waals surface area contributed by atoms with Crippen molar-refractivity contribution in [2.45, 2.75) is 82.1 Å². The topological polar surface area (TPSA) is 98.9 Å². The summed E-state index contributed by atoms with van der Waals surface area (Å²) in [7, 11) is 0. The summed E-state index contributed by atoms with van der Waals surface area (Å²) in [5, 5.41) is 15.4. The number of likely N-dealkylation sites (tertiary alicyclic amines) is 2. The molecule has 218 valence electrons. The molecule has 1 atom stereocenters. The second-order valence-corrected chi connectivity index (χ2v) is 12.4. The number of rotatable bonds is 8. The molecule has 0 spiro atoms. The van der Waals surface area contributed by atoms with Crippen molar-refractivity contribution in [3.8, 4) is 23.1 Å². The van der Waals surface area contributed by atoms with Gasteiger partial charge in [0.25, 0.3) is 0 Å². The number of nitrogens with one attached hydrogen (secondary N) is 1. The molecular weight excluding hydrogens is 531 g/mol. The molecule has 1 aromatic carbocycles. The molecule has 7 rings (SSSR count). The molecule has 5 heterocycles. The van der Waals surface area contributed by atoms with E-state index in [0.717, 1.165) is 79.7 Å². The van der Waals surface area contributed by atoms with Gasteiger partial charge in [-0.15, -0.1) is 0 Å². The molecule has 1 N–H and O–H groups in total. The van der Waals surface area contributed by atoms with Crippen molar-refractivity contribution in [1.82, 2.24) is 34.5 Å². The van der Waals surface area contributed by atoms with E-state index in [1.54, 1.807) is 12.4 Å². The zero-order valence-corrected chi connectivity index (χ0v) is 24.0. The first-order valence-corrected chi connectivity index (χ1v) is 15.1. The van der Waals surface area contributed by atoms with Crippen LogP contribution >= 0.6 is 0 Å². The van der Waals surface area contributed by atoms with E-state index < -0.39 is 0 Å². The van der Waals surface area contributed by atoms with Crippen LogP contribution in [0.15, 0.2) is 49.2 Å². The number of ether oxygens (including phenoxy) is 1. The molecule has 3 aromatic heterocycles. The van der Waals surface area contributed by atoms with Crippen LogP contribution < -0.4 is 4.74 Å². The highest BCUT2D eigenvalue weighted by Gasteiger charge is 2.49. The number of H-pyrrole nitrogens is 1. The lowest BCUT2D eigenvalue weighted by molar-refractivity contribution is -0.0207. The molecule has 10 heteroatoms. The monoisotopic (exact) mass is 568 g/mol. The fraction of sp³-hybridized carbons (Fsp3) is 0.500. The van der Waals surface area contributed by atoms with Gasteiger partial charge in [0.1, 0.15) is 29.6 Å². The molecule has 0 bridgehead atoms. The normalized spacial score (nSPS) is 25.5. The average molecular weight is 569 g/mol. The van der Waals surface area contributed by atoms with E-state index in [4.69, 9.17) is 9.84 Å². The molecule has 2 saturated heterocycles. The Morgan fingerprint density at radius 3 is 2.79 bits per heavy atom. The highest BCUT2D eigenvalue weighted by atomic mass is 19.1. The number of hydrogen-bond acceptors (Lipinski definition) is 7.